The summed E-state index contributed by atoms with van der Waals surface area (Å²) in [6, 6.07) is 10.3. The van der Waals surface area contributed by atoms with Gasteiger partial charge in [-0.05, 0) is 48.3 Å². The first-order chi connectivity index (χ1) is 10.0. The fourth-order valence-electron chi connectivity index (χ4n) is 1.72. The molecule has 114 valence electrons. The van der Waals surface area contributed by atoms with Crippen LogP contribution in [-0.2, 0) is 20.7 Å². The molecule has 21 heavy (non-hydrogen) atoms. The molecule has 0 bridgehead atoms. The molecule has 1 aromatic heterocycles. The lowest BCUT2D eigenvalue weighted by atomic mass is 10.2. The number of benzene rings is 1. The van der Waals surface area contributed by atoms with Gasteiger partial charge in [0, 0.05) is 5.75 Å². The number of furan rings is 1. The Morgan fingerprint density at radius 2 is 1.90 bits per heavy atom. The summed E-state index contributed by atoms with van der Waals surface area (Å²) in [4.78, 5) is 0.230. The van der Waals surface area contributed by atoms with Gasteiger partial charge in [0.25, 0.3) is 10.0 Å². The van der Waals surface area contributed by atoms with Gasteiger partial charge >= 0.3 is 0 Å². The maximum absolute atomic E-state index is 12.4. The second kappa shape index (κ2) is 7.04. The van der Waals surface area contributed by atoms with Gasteiger partial charge in [-0.25, -0.2) is 0 Å². The molecule has 0 amide bonds. The third kappa shape index (κ3) is 4.28. The summed E-state index contributed by atoms with van der Waals surface area (Å²) in [6.07, 6.45) is 3.45. The predicted molar refractivity (Wildman–Crippen MR) is 84.9 cm³/mol. The standard InChI is InChI=1S/C15H19NO3S2/c1-3-4-12-20(15-6-5-11-19-15)16-21(17,18)14-9-7-13(2)8-10-14/h5-11H,3-4,12H2,1-2H3. The van der Waals surface area contributed by atoms with Gasteiger partial charge in [0.05, 0.1) is 11.2 Å². The SMILES string of the molecule is CCCC/S(=N/S(=O)(=O)c1ccc(C)cc1)c1ccco1. The molecule has 1 atom stereocenters. The number of rotatable bonds is 6. The molecule has 0 saturated carbocycles. The Kier molecular flexibility index (Phi) is 5.36. The number of hydrogen-bond acceptors (Lipinski definition) is 3. The topological polar surface area (TPSA) is 59.6 Å². The fourth-order valence-corrected chi connectivity index (χ4v) is 5.25. The highest BCUT2D eigenvalue weighted by atomic mass is 32.3. The van der Waals surface area contributed by atoms with Crippen LogP contribution in [0, 0.1) is 6.92 Å². The van der Waals surface area contributed by atoms with E-state index in [2.05, 4.69) is 10.7 Å². The highest BCUT2D eigenvalue weighted by Gasteiger charge is 2.15. The van der Waals surface area contributed by atoms with E-state index in [4.69, 9.17) is 4.42 Å². The molecular weight excluding hydrogens is 306 g/mol. The van der Waals surface area contributed by atoms with E-state index in [0.717, 1.165) is 18.4 Å². The molecule has 0 aliphatic heterocycles. The molecule has 0 saturated heterocycles. The highest BCUT2D eigenvalue weighted by molar-refractivity contribution is 8.00. The van der Waals surface area contributed by atoms with E-state index in [1.165, 1.54) is 0 Å². The van der Waals surface area contributed by atoms with E-state index in [1.807, 2.05) is 6.92 Å². The molecule has 0 spiro atoms. The predicted octanol–water partition coefficient (Wildman–Crippen LogP) is 3.94. The summed E-state index contributed by atoms with van der Waals surface area (Å²) in [6.45, 7) is 3.99. The Bertz CT molecular complexity index is 702. The number of unbranched alkanes of at least 4 members (excludes halogenated alkanes) is 1. The van der Waals surface area contributed by atoms with Gasteiger partial charge in [0.2, 0.25) is 0 Å². The van der Waals surface area contributed by atoms with Crippen LogP contribution in [0.25, 0.3) is 0 Å². The fraction of sp³-hybridized carbons (Fsp3) is 0.333. The first-order valence-corrected chi connectivity index (χ1v) is 9.61. The lowest BCUT2D eigenvalue weighted by Gasteiger charge is -2.05. The van der Waals surface area contributed by atoms with Crippen LogP contribution in [0.15, 0.2) is 60.8 Å². The van der Waals surface area contributed by atoms with Gasteiger partial charge in [-0.2, -0.15) is 8.42 Å². The first kappa shape index (κ1) is 16.0. The van der Waals surface area contributed by atoms with Crippen molar-refractivity contribution in [3.63, 3.8) is 0 Å². The molecule has 0 radical (unpaired) electrons. The molecule has 0 aliphatic rings. The molecule has 2 rings (SSSR count). The van der Waals surface area contributed by atoms with Gasteiger partial charge in [0.15, 0.2) is 5.09 Å². The van der Waals surface area contributed by atoms with Crippen LogP contribution < -0.4 is 0 Å². The van der Waals surface area contributed by atoms with E-state index < -0.39 is 20.7 Å². The summed E-state index contributed by atoms with van der Waals surface area (Å²) in [5, 5.41) is 0.624. The Morgan fingerprint density at radius 1 is 1.19 bits per heavy atom. The summed E-state index contributed by atoms with van der Waals surface area (Å²) >= 11 is 0. The maximum atomic E-state index is 12.4. The van der Waals surface area contributed by atoms with Crippen molar-refractivity contribution in [2.24, 2.45) is 3.77 Å². The third-order valence-electron chi connectivity index (χ3n) is 2.93. The van der Waals surface area contributed by atoms with Crippen molar-refractivity contribution in [3.8, 4) is 0 Å². The molecule has 1 heterocycles. The van der Waals surface area contributed by atoms with E-state index in [0.29, 0.717) is 10.8 Å². The van der Waals surface area contributed by atoms with E-state index in [9.17, 15) is 8.42 Å². The van der Waals surface area contributed by atoms with Crippen LogP contribution in [0.5, 0.6) is 0 Å². The van der Waals surface area contributed by atoms with Crippen molar-refractivity contribution in [1.82, 2.24) is 0 Å². The summed E-state index contributed by atoms with van der Waals surface area (Å²) in [5.74, 6) is 0.690. The number of hydrogen-bond donors (Lipinski definition) is 0. The van der Waals surface area contributed by atoms with Gasteiger partial charge in [-0.3, -0.25) is 0 Å². The zero-order valence-electron chi connectivity index (χ0n) is 12.2. The third-order valence-corrected chi connectivity index (χ3v) is 6.67. The second-order valence-corrected chi connectivity index (χ2v) is 8.28. The lowest BCUT2D eigenvalue weighted by molar-refractivity contribution is 0.472. The minimum Gasteiger partial charge on any atom is -0.457 e. The molecule has 0 fully saturated rings. The van der Waals surface area contributed by atoms with Crippen LogP contribution in [0.4, 0.5) is 0 Å². The minimum absolute atomic E-state index is 0.230. The molecule has 4 nitrogen and oxygen atoms in total. The van der Waals surface area contributed by atoms with Crippen LogP contribution in [0.1, 0.15) is 25.3 Å². The second-order valence-electron chi connectivity index (χ2n) is 4.72. The molecule has 0 N–H and O–H groups in total. The van der Waals surface area contributed by atoms with Crippen molar-refractivity contribution < 1.29 is 12.8 Å². The zero-order valence-corrected chi connectivity index (χ0v) is 13.8. The van der Waals surface area contributed by atoms with Gasteiger partial charge < -0.3 is 4.42 Å². The quantitative estimate of drug-likeness (QED) is 0.808. The normalized spacial score (nSPS) is 13.4. The smallest absolute Gasteiger partial charge is 0.288 e. The molecule has 1 aromatic carbocycles. The monoisotopic (exact) mass is 325 g/mol. The molecule has 6 heteroatoms. The Hall–Kier alpha value is -1.40. The average molecular weight is 325 g/mol. The van der Waals surface area contributed by atoms with Crippen LogP contribution in [0.2, 0.25) is 0 Å². The van der Waals surface area contributed by atoms with Crippen LogP contribution >= 0.6 is 0 Å². The first-order valence-electron chi connectivity index (χ1n) is 6.82. The van der Waals surface area contributed by atoms with Gasteiger partial charge in [-0.1, -0.05) is 31.0 Å². The van der Waals surface area contributed by atoms with E-state index in [1.54, 1.807) is 42.7 Å². The van der Waals surface area contributed by atoms with Crippen LogP contribution in [-0.4, -0.2) is 14.2 Å². The van der Waals surface area contributed by atoms with E-state index >= 15 is 0 Å². The molecular formula is C15H19NO3S2. The van der Waals surface area contributed by atoms with Crippen molar-refractivity contribution >= 4 is 20.7 Å². The number of aryl methyl sites for hydroxylation is 1. The van der Waals surface area contributed by atoms with Gasteiger partial charge in [-0.15, -0.1) is 3.77 Å². The number of nitrogens with zero attached hydrogens (tertiary/aromatic N) is 1. The van der Waals surface area contributed by atoms with Gasteiger partial charge in [0.1, 0.15) is 0 Å². The Morgan fingerprint density at radius 3 is 2.48 bits per heavy atom. The van der Waals surface area contributed by atoms with Crippen molar-refractivity contribution in [2.45, 2.75) is 36.7 Å². The average Bonchev–Trinajstić information content (AvgIpc) is 2.98. The highest BCUT2D eigenvalue weighted by Crippen LogP contribution is 2.19. The lowest BCUT2D eigenvalue weighted by Crippen LogP contribution is -2.03. The Labute approximate surface area is 128 Å². The van der Waals surface area contributed by atoms with Crippen molar-refractivity contribution in [3.05, 3.63) is 48.2 Å². The maximum Gasteiger partial charge on any atom is 0.288 e. The molecule has 2 aromatic rings. The number of sulfonamides is 1. The zero-order chi connectivity index (χ0) is 15.3. The van der Waals surface area contributed by atoms with E-state index in [-0.39, 0.29) is 4.90 Å². The Balaban J connectivity index is 2.38. The summed E-state index contributed by atoms with van der Waals surface area (Å²) in [7, 11) is -4.42. The summed E-state index contributed by atoms with van der Waals surface area (Å²) in [5.41, 5.74) is 1.02. The largest absolute Gasteiger partial charge is 0.457 e. The summed E-state index contributed by atoms with van der Waals surface area (Å²) < 4.78 is 34.3. The minimum atomic E-state index is -3.66. The van der Waals surface area contributed by atoms with Crippen molar-refractivity contribution in [1.29, 1.82) is 0 Å². The van der Waals surface area contributed by atoms with Crippen molar-refractivity contribution in [2.75, 3.05) is 5.75 Å². The molecule has 0 aliphatic carbocycles. The molecule has 1 unspecified atom stereocenters. The van der Waals surface area contributed by atoms with Crippen LogP contribution in [0.3, 0.4) is 0 Å².